The summed E-state index contributed by atoms with van der Waals surface area (Å²) in [6, 6.07) is 9.09. The van der Waals surface area contributed by atoms with E-state index in [-0.39, 0.29) is 16.5 Å². The molecule has 1 aromatic heterocycles. The van der Waals surface area contributed by atoms with Gasteiger partial charge < -0.3 is 0 Å². The van der Waals surface area contributed by atoms with Crippen molar-refractivity contribution in [2.75, 3.05) is 5.32 Å². The van der Waals surface area contributed by atoms with Gasteiger partial charge in [0.2, 0.25) is 10.1 Å². The minimum atomic E-state index is -4.56. The van der Waals surface area contributed by atoms with Crippen molar-refractivity contribution in [2.24, 2.45) is 0 Å². The van der Waals surface area contributed by atoms with E-state index in [1.165, 1.54) is 0 Å². The summed E-state index contributed by atoms with van der Waals surface area (Å²) in [4.78, 5) is 11.9. The van der Waals surface area contributed by atoms with Gasteiger partial charge in [-0.2, -0.15) is 13.2 Å². The van der Waals surface area contributed by atoms with Gasteiger partial charge in [-0.05, 0) is 18.6 Å². The van der Waals surface area contributed by atoms with Gasteiger partial charge >= 0.3 is 6.18 Å². The van der Waals surface area contributed by atoms with Crippen molar-refractivity contribution in [3.63, 3.8) is 0 Å². The Bertz CT molecular complexity index is 665. The predicted molar refractivity (Wildman–Crippen MR) is 73.6 cm³/mol. The molecule has 8 heteroatoms. The van der Waals surface area contributed by atoms with Gasteiger partial charge in [-0.1, -0.05) is 41.7 Å². The highest BCUT2D eigenvalue weighted by molar-refractivity contribution is 7.15. The van der Waals surface area contributed by atoms with E-state index in [1.54, 1.807) is 13.0 Å². The highest BCUT2D eigenvalue weighted by atomic mass is 32.1. The van der Waals surface area contributed by atoms with E-state index >= 15 is 0 Å². The molecule has 110 valence electrons. The van der Waals surface area contributed by atoms with Crippen LogP contribution in [0, 0.1) is 0 Å². The molecule has 0 aliphatic heterocycles. The summed E-state index contributed by atoms with van der Waals surface area (Å²) in [5.41, 5.74) is 1.17. The van der Waals surface area contributed by atoms with Gasteiger partial charge in [0.1, 0.15) is 0 Å². The Morgan fingerprint density at radius 3 is 2.48 bits per heavy atom. The van der Waals surface area contributed by atoms with Gasteiger partial charge in [-0.25, -0.2) is 0 Å². The van der Waals surface area contributed by atoms with Gasteiger partial charge in [0.25, 0.3) is 5.91 Å². The van der Waals surface area contributed by atoms with E-state index in [9.17, 15) is 18.0 Å². The number of amides is 1. The summed E-state index contributed by atoms with van der Waals surface area (Å²) in [6.45, 7) is 1.56. The molecule has 0 aliphatic carbocycles. The number of halogens is 3. The zero-order chi connectivity index (χ0) is 15.5. The molecular formula is C13H10F3N3OS. The van der Waals surface area contributed by atoms with Gasteiger partial charge in [-0.3, -0.25) is 10.1 Å². The van der Waals surface area contributed by atoms with Crippen LogP contribution in [0.5, 0.6) is 0 Å². The van der Waals surface area contributed by atoms with Crippen LogP contribution in [0.15, 0.2) is 35.9 Å². The fourth-order valence-electron chi connectivity index (χ4n) is 1.45. The Balaban J connectivity index is 2.08. The first-order chi connectivity index (χ1) is 9.86. The molecule has 1 aromatic carbocycles. The Morgan fingerprint density at radius 1 is 1.24 bits per heavy atom. The maximum atomic E-state index is 12.4. The lowest BCUT2D eigenvalue weighted by Gasteiger charge is -2.01. The number of aromatic nitrogens is 2. The number of benzene rings is 1. The number of carbonyl (C=O) groups excluding carboxylic acids is 1. The zero-order valence-corrected chi connectivity index (χ0v) is 11.6. The molecule has 0 bridgehead atoms. The van der Waals surface area contributed by atoms with E-state index in [4.69, 9.17) is 0 Å². The molecular weight excluding hydrogens is 303 g/mol. The third-order valence-corrected chi connectivity index (χ3v) is 3.31. The third kappa shape index (κ3) is 4.12. The number of anilines is 1. The average Bonchev–Trinajstić information content (AvgIpc) is 2.88. The summed E-state index contributed by atoms with van der Waals surface area (Å²) >= 11 is 0.285. The predicted octanol–water partition coefficient (Wildman–Crippen LogP) is 3.60. The zero-order valence-electron chi connectivity index (χ0n) is 10.8. The molecule has 2 aromatic rings. The number of nitrogens with one attached hydrogen (secondary N) is 1. The van der Waals surface area contributed by atoms with Crippen molar-refractivity contribution in [3.8, 4) is 0 Å². The normalized spacial score (nSPS) is 12.3. The fourth-order valence-corrected chi connectivity index (χ4v) is 2.05. The number of alkyl halides is 3. The molecule has 21 heavy (non-hydrogen) atoms. The number of carbonyl (C=O) groups is 1. The molecule has 0 saturated carbocycles. The van der Waals surface area contributed by atoms with Crippen LogP contribution in [0.4, 0.5) is 18.3 Å². The monoisotopic (exact) mass is 313 g/mol. The van der Waals surface area contributed by atoms with Crippen molar-refractivity contribution in [1.82, 2.24) is 10.2 Å². The molecule has 0 unspecified atom stereocenters. The first kappa shape index (κ1) is 15.2. The van der Waals surface area contributed by atoms with E-state index in [0.717, 1.165) is 5.56 Å². The standard InChI is InChI=1S/C13H10F3N3OS/c1-8(7-9-5-3-2-4-6-9)10(20)17-12-19-18-11(21-12)13(14,15)16/h2-7H,1H3,(H,17,19,20)/b8-7+. The fraction of sp³-hybridized carbons (Fsp3) is 0.154. The summed E-state index contributed by atoms with van der Waals surface area (Å²) in [5, 5.41) is 7.30. The summed E-state index contributed by atoms with van der Waals surface area (Å²) in [5.74, 6) is -0.524. The van der Waals surface area contributed by atoms with Crippen LogP contribution in [0.3, 0.4) is 0 Å². The number of hydrogen-bond donors (Lipinski definition) is 1. The molecule has 0 atom stereocenters. The van der Waals surface area contributed by atoms with Gasteiger partial charge in [0.15, 0.2) is 0 Å². The number of hydrogen-bond acceptors (Lipinski definition) is 4. The minimum Gasteiger partial charge on any atom is -0.297 e. The lowest BCUT2D eigenvalue weighted by atomic mass is 10.1. The molecule has 1 amide bonds. The molecule has 4 nitrogen and oxygen atoms in total. The van der Waals surface area contributed by atoms with Crippen molar-refractivity contribution in [3.05, 3.63) is 46.5 Å². The molecule has 0 fully saturated rings. The van der Waals surface area contributed by atoms with Crippen LogP contribution < -0.4 is 5.32 Å². The molecule has 0 radical (unpaired) electrons. The third-order valence-electron chi connectivity index (χ3n) is 2.43. The second-order valence-electron chi connectivity index (χ2n) is 4.10. The second-order valence-corrected chi connectivity index (χ2v) is 5.08. The van der Waals surface area contributed by atoms with Crippen LogP contribution in [-0.2, 0) is 11.0 Å². The molecule has 1 N–H and O–H groups in total. The molecule has 2 rings (SSSR count). The highest BCUT2D eigenvalue weighted by Crippen LogP contribution is 2.33. The van der Waals surface area contributed by atoms with E-state index in [2.05, 4.69) is 15.5 Å². The topological polar surface area (TPSA) is 54.9 Å². The van der Waals surface area contributed by atoms with Crippen LogP contribution in [0.1, 0.15) is 17.5 Å². The Kier molecular flexibility index (Phi) is 4.37. The largest absolute Gasteiger partial charge is 0.445 e. The maximum Gasteiger partial charge on any atom is 0.445 e. The summed E-state index contributed by atoms with van der Waals surface area (Å²) in [6.07, 6.45) is -2.93. The Morgan fingerprint density at radius 2 is 1.90 bits per heavy atom. The molecule has 0 saturated heterocycles. The second kappa shape index (κ2) is 6.04. The lowest BCUT2D eigenvalue weighted by Crippen LogP contribution is -2.12. The Labute approximate surface area is 122 Å². The van der Waals surface area contributed by atoms with E-state index in [1.807, 2.05) is 30.3 Å². The van der Waals surface area contributed by atoms with Crippen molar-refractivity contribution < 1.29 is 18.0 Å². The molecule has 0 spiro atoms. The van der Waals surface area contributed by atoms with E-state index in [0.29, 0.717) is 5.57 Å². The Hall–Kier alpha value is -2.22. The van der Waals surface area contributed by atoms with Gasteiger partial charge in [-0.15, -0.1) is 10.2 Å². The number of nitrogens with zero attached hydrogens (tertiary/aromatic N) is 2. The minimum absolute atomic E-state index is 0.187. The van der Waals surface area contributed by atoms with Gasteiger partial charge in [0.05, 0.1) is 0 Å². The SMILES string of the molecule is C/C(=C\c1ccccc1)C(=O)Nc1nnc(C(F)(F)F)s1. The van der Waals surface area contributed by atoms with Crippen molar-refractivity contribution in [1.29, 1.82) is 0 Å². The quantitative estimate of drug-likeness (QED) is 0.881. The highest BCUT2D eigenvalue weighted by Gasteiger charge is 2.35. The van der Waals surface area contributed by atoms with Crippen LogP contribution in [-0.4, -0.2) is 16.1 Å². The summed E-state index contributed by atoms with van der Waals surface area (Å²) in [7, 11) is 0. The maximum absolute atomic E-state index is 12.4. The number of rotatable bonds is 3. The van der Waals surface area contributed by atoms with Crippen LogP contribution >= 0.6 is 11.3 Å². The van der Waals surface area contributed by atoms with Gasteiger partial charge in [0, 0.05) is 5.57 Å². The molecule has 1 heterocycles. The smallest absolute Gasteiger partial charge is 0.297 e. The lowest BCUT2D eigenvalue weighted by molar-refractivity contribution is -0.138. The van der Waals surface area contributed by atoms with Crippen molar-refractivity contribution in [2.45, 2.75) is 13.1 Å². The van der Waals surface area contributed by atoms with Crippen molar-refractivity contribution >= 4 is 28.5 Å². The summed E-state index contributed by atoms with van der Waals surface area (Å²) < 4.78 is 37.1. The van der Waals surface area contributed by atoms with Crippen LogP contribution in [0.2, 0.25) is 0 Å². The first-order valence-electron chi connectivity index (χ1n) is 5.81. The molecule has 0 aliphatic rings. The van der Waals surface area contributed by atoms with E-state index < -0.39 is 17.1 Å². The first-order valence-corrected chi connectivity index (χ1v) is 6.63. The van der Waals surface area contributed by atoms with Crippen LogP contribution in [0.25, 0.3) is 6.08 Å². The average molecular weight is 313 g/mol.